The molecule has 2 aliphatic heterocycles. The van der Waals surface area contributed by atoms with Crippen molar-refractivity contribution in [2.45, 2.75) is 25.1 Å². The number of alkyl halides is 3. The molecule has 0 saturated carbocycles. The summed E-state index contributed by atoms with van der Waals surface area (Å²) < 4.78 is 37.7. The minimum atomic E-state index is -4.95. The van der Waals surface area contributed by atoms with E-state index < -0.39 is 12.1 Å². The molecule has 0 radical (unpaired) electrons. The predicted molar refractivity (Wildman–Crippen MR) is 94.7 cm³/mol. The molecule has 2 aliphatic rings. The summed E-state index contributed by atoms with van der Waals surface area (Å²) in [5, 5.41) is 5.45. The number of anilines is 1. The summed E-state index contributed by atoms with van der Waals surface area (Å²) >= 11 is 0.970. The number of hydrogen-bond donors (Lipinski definition) is 2. The molecule has 0 aromatic carbocycles. The number of rotatable bonds is 3. The van der Waals surface area contributed by atoms with Crippen molar-refractivity contribution in [2.75, 3.05) is 25.0 Å². The maximum Gasteiger partial charge on any atom is 0.471 e. The van der Waals surface area contributed by atoms with Crippen molar-refractivity contribution >= 4 is 38.2 Å². The molecule has 2 aromatic rings. The lowest BCUT2D eigenvalue weighted by Crippen LogP contribution is -2.47. The van der Waals surface area contributed by atoms with Crippen LogP contribution in [0.25, 0.3) is 10.1 Å². The fourth-order valence-corrected chi connectivity index (χ4v) is 4.69. The van der Waals surface area contributed by atoms with Crippen molar-refractivity contribution in [3.63, 3.8) is 0 Å². The first-order valence-electron chi connectivity index (χ1n) is 8.59. The first-order valence-corrected chi connectivity index (χ1v) is 9.40. The molecule has 144 valence electrons. The van der Waals surface area contributed by atoms with E-state index in [-0.39, 0.29) is 22.6 Å². The van der Waals surface area contributed by atoms with E-state index in [1.165, 1.54) is 18.3 Å². The minimum absolute atomic E-state index is 0.0586. The molecule has 4 heterocycles. The highest BCUT2D eigenvalue weighted by Crippen LogP contribution is 2.31. The van der Waals surface area contributed by atoms with Crippen molar-refractivity contribution in [2.24, 2.45) is 5.92 Å². The number of aromatic nitrogens is 1. The van der Waals surface area contributed by atoms with Gasteiger partial charge in [-0.15, -0.1) is 11.3 Å². The lowest BCUT2D eigenvalue weighted by atomic mass is 9.97. The lowest BCUT2D eigenvalue weighted by molar-refractivity contribution is -0.167. The Morgan fingerprint density at radius 1 is 1.26 bits per heavy atom. The SMILES string of the molecule is O=C(NC1CC2CCN(C2)C1)c1cc2sc(NC(=O)C(F)(F)F)cc2cn1. The van der Waals surface area contributed by atoms with E-state index >= 15 is 0 Å². The maximum absolute atomic E-state index is 12.5. The van der Waals surface area contributed by atoms with Crippen LogP contribution in [0, 0.1) is 5.92 Å². The number of carbonyl (C=O) groups excluding carboxylic acids is 2. The normalized spacial score (nSPS) is 24.8. The third-order valence-electron chi connectivity index (χ3n) is 4.93. The van der Waals surface area contributed by atoms with Crippen LogP contribution in [0.2, 0.25) is 0 Å². The highest BCUT2D eigenvalue weighted by molar-refractivity contribution is 7.23. The Morgan fingerprint density at radius 2 is 2.07 bits per heavy atom. The van der Waals surface area contributed by atoms with E-state index in [4.69, 9.17) is 0 Å². The number of nitrogens with zero attached hydrogens (tertiary/aromatic N) is 2. The Morgan fingerprint density at radius 3 is 2.81 bits per heavy atom. The molecule has 2 N–H and O–H groups in total. The third kappa shape index (κ3) is 3.91. The Kier molecular flexibility index (Phi) is 4.55. The molecule has 3 unspecified atom stereocenters. The van der Waals surface area contributed by atoms with Crippen molar-refractivity contribution in [1.82, 2.24) is 15.2 Å². The molecular formula is C17H17F3N4O2S. The van der Waals surface area contributed by atoms with Gasteiger partial charge in [0, 0.05) is 35.4 Å². The Balaban J connectivity index is 1.46. The number of carbonyl (C=O) groups is 2. The molecule has 2 amide bonds. The smallest absolute Gasteiger partial charge is 0.347 e. The summed E-state index contributed by atoms with van der Waals surface area (Å²) in [5.41, 5.74) is 0.214. The van der Waals surface area contributed by atoms with Gasteiger partial charge >= 0.3 is 12.1 Å². The topological polar surface area (TPSA) is 74.3 Å². The molecule has 2 aromatic heterocycles. The highest BCUT2D eigenvalue weighted by Gasteiger charge is 2.39. The van der Waals surface area contributed by atoms with Crippen LogP contribution in [-0.2, 0) is 4.79 Å². The molecule has 4 rings (SSSR count). The Bertz CT molecular complexity index is 886. The number of hydrogen-bond acceptors (Lipinski definition) is 5. The number of halogens is 3. The molecule has 2 saturated heterocycles. The minimum Gasteiger partial charge on any atom is -0.347 e. The Hall–Kier alpha value is -2.20. The number of amides is 2. The van der Waals surface area contributed by atoms with Crippen molar-refractivity contribution in [1.29, 1.82) is 0 Å². The molecule has 6 nitrogen and oxygen atoms in total. The second kappa shape index (κ2) is 6.75. The first kappa shape index (κ1) is 18.2. The van der Waals surface area contributed by atoms with Gasteiger partial charge in [-0.05, 0) is 37.4 Å². The Labute approximate surface area is 156 Å². The third-order valence-corrected chi connectivity index (χ3v) is 5.94. The van der Waals surface area contributed by atoms with E-state index in [2.05, 4.69) is 15.2 Å². The quantitative estimate of drug-likeness (QED) is 0.834. The molecular weight excluding hydrogens is 381 g/mol. The van der Waals surface area contributed by atoms with Gasteiger partial charge in [-0.25, -0.2) is 0 Å². The number of nitrogens with one attached hydrogen (secondary N) is 2. The zero-order chi connectivity index (χ0) is 19.2. The van der Waals surface area contributed by atoms with Crippen LogP contribution in [0.3, 0.4) is 0 Å². The van der Waals surface area contributed by atoms with Crippen LogP contribution >= 0.6 is 11.3 Å². The average Bonchev–Trinajstić information content (AvgIpc) is 3.15. The number of piperidine rings is 1. The van der Waals surface area contributed by atoms with Gasteiger partial charge in [0.15, 0.2) is 0 Å². The van der Waals surface area contributed by atoms with Crippen LogP contribution in [0.5, 0.6) is 0 Å². The molecule has 3 atom stereocenters. The summed E-state index contributed by atoms with van der Waals surface area (Å²) in [6.07, 6.45) is -1.40. The second-order valence-corrected chi connectivity index (χ2v) is 8.07. The van der Waals surface area contributed by atoms with E-state index in [1.807, 2.05) is 5.32 Å². The molecule has 2 fully saturated rings. The summed E-state index contributed by atoms with van der Waals surface area (Å²) in [4.78, 5) is 30.0. The van der Waals surface area contributed by atoms with Crippen LogP contribution < -0.4 is 10.6 Å². The fourth-order valence-electron chi connectivity index (χ4n) is 3.73. The van der Waals surface area contributed by atoms with Crippen LogP contribution in [0.4, 0.5) is 18.2 Å². The molecule has 0 aliphatic carbocycles. The van der Waals surface area contributed by atoms with Gasteiger partial charge in [-0.1, -0.05) is 0 Å². The zero-order valence-electron chi connectivity index (χ0n) is 14.2. The van der Waals surface area contributed by atoms with Crippen LogP contribution in [0.15, 0.2) is 18.3 Å². The lowest BCUT2D eigenvalue weighted by Gasteiger charge is -2.30. The van der Waals surface area contributed by atoms with Gasteiger partial charge in [0.25, 0.3) is 5.91 Å². The molecule has 10 heteroatoms. The van der Waals surface area contributed by atoms with Gasteiger partial charge in [0.2, 0.25) is 0 Å². The van der Waals surface area contributed by atoms with E-state index in [0.717, 1.165) is 43.8 Å². The summed E-state index contributed by atoms with van der Waals surface area (Å²) in [7, 11) is 0. The van der Waals surface area contributed by atoms with Gasteiger partial charge in [-0.2, -0.15) is 13.2 Å². The first-order chi connectivity index (χ1) is 12.8. The molecule has 2 bridgehead atoms. The van der Waals surface area contributed by atoms with Crippen molar-refractivity contribution < 1.29 is 22.8 Å². The monoisotopic (exact) mass is 398 g/mol. The number of pyridine rings is 1. The van der Waals surface area contributed by atoms with Crippen LogP contribution in [0.1, 0.15) is 23.3 Å². The summed E-state index contributed by atoms with van der Waals surface area (Å²) in [6.45, 7) is 3.00. The van der Waals surface area contributed by atoms with Crippen LogP contribution in [-0.4, -0.2) is 53.6 Å². The summed E-state index contributed by atoms with van der Waals surface area (Å²) in [5.74, 6) is -1.70. The standard InChI is InChI=1S/C17H17F3N4O2S/c18-17(19,20)16(26)23-14-4-10-6-21-12(5-13(10)27-14)15(25)22-11-3-9-1-2-24(7-9)8-11/h4-6,9,11H,1-3,7-8H2,(H,22,25)(H,23,26). The van der Waals surface area contributed by atoms with Gasteiger partial charge in [-0.3, -0.25) is 14.6 Å². The van der Waals surface area contributed by atoms with E-state index in [0.29, 0.717) is 16.0 Å². The second-order valence-electron chi connectivity index (χ2n) is 6.99. The van der Waals surface area contributed by atoms with Crippen molar-refractivity contribution in [3.8, 4) is 0 Å². The van der Waals surface area contributed by atoms with Gasteiger partial charge < -0.3 is 15.5 Å². The predicted octanol–water partition coefficient (Wildman–Crippen LogP) is 2.62. The van der Waals surface area contributed by atoms with Gasteiger partial charge in [0.05, 0.1) is 5.00 Å². The number of fused-ring (bicyclic) bond motifs is 3. The highest BCUT2D eigenvalue weighted by atomic mass is 32.1. The molecule has 27 heavy (non-hydrogen) atoms. The van der Waals surface area contributed by atoms with Crippen molar-refractivity contribution in [3.05, 3.63) is 24.0 Å². The van der Waals surface area contributed by atoms with E-state index in [9.17, 15) is 22.8 Å². The maximum atomic E-state index is 12.5. The van der Waals surface area contributed by atoms with Gasteiger partial charge in [0.1, 0.15) is 5.69 Å². The molecule has 0 spiro atoms. The zero-order valence-corrected chi connectivity index (χ0v) is 15.0. The van der Waals surface area contributed by atoms with E-state index in [1.54, 1.807) is 0 Å². The number of thiophene rings is 1. The largest absolute Gasteiger partial charge is 0.471 e. The summed E-state index contributed by atoms with van der Waals surface area (Å²) in [6, 6.07) is 3.03. The fraction of sp³-hybridized carbons (Fsp3) is 0.471. The average molecular weight is 398 g/mol.